The highest BCUT2D eigenvalue weighted by molar-refractivity contribution is 5.93. The largest absolute Gasteiger partial charge is 0.507 e. The van der Waals surface area contributed by atoms with Crippen molar-refractivity contribution in [1.29, 1.82) is 0 Å². The van der Waals surface area contributed by atoms with Gasteiger partial charge in [0.2, 0.25) is 0 Å². The summed E-state index contributed by atoms with van der Waals surface area (Å²) in [5, 5.41) is 20.2. The lowest BCUT2D eigenvalue weighted by molar-refractivity contribution is 0.0469. The van der Waals surface area contributed by atoms with Gasteiger partial charge in [-0.15, -0.1) is 0 Å². The van der Waals surface area contributed by atoms with Crippen LogP contribution in [0.4, 0.5) is 0 Å². The minimum absolute atomic E-state index is 0.0788. The van der Waals surface area contributed by atoms with Crippen LogP contribution >= 0.6 is 0 Å². The zero-order valence-electron chi connectivity index (χ0n) is 13.8. The number of phenols is 2. The number of phenolic OH excluding ortho intramolecular Hbond substituents is 2. The summed E-state index contributed by atoms with van der Waals surface area (Å²) in [6, 6.07) is 20.9. The number of benzene rings is 3. The van der Waals surface area contributed by atoms with E-state index in [1.54, 1.807) is 0 Å². The third kappa shape index (κ3) is 4.22. The van der Waals surface area contributed by atoms with Gasteiger partial charge in [-0.25, -0.2) is 4.79 Å². The summed E-state index contributed by atoms with van der Waals surface area (Å²) in [7, 11) is 0. The predicted molar refractivity (Wildman–Crippen MR) is 97.8 cm³/mol. The molecule has 0 unspecified atom stereocenters. The molecule has 0 aromatic heterocycles. The maximum absolute atomic E-state index is 12.2. The highest BCUT2D eigenvalue weighted by Crippen LogP contribution is 2.27. The molecule has 0 saturated carbocycles. The standard InChI is InChI=1S/C22H16O4/c23-20-14-19(22(25)26-15-17-9-5-2-6-10-17)21(24)13-18(20)12-11-16-7-3-1-4-8-16/h1-10,13-14,23-24H,15H2. The number of carbonyl (C=O) groups is 1. The highest BCUT2D eigenvalue weighted by Gasteiger charge is 2.16. The van der Waals surface area contributed by atoms with Crippen LogP contribution in [0.5, 0.6) is 11.5 Å². The van der Waals surface area contributed by atoms with E-state index < -0.39 is 5.97 Å². The van der Waals surface area contributed by atoms with E-state index in [9.17, 15) is 15.0 Å². The Morgan fingerprint density at radius 1 is 0.846 bits per heavy atom. The number of carbonyl (C=O) groups excluding carboxylic acids is 1. The van der Waals surface area contributed by atoms with Crippen molar-refractivity contribution in [3.63, 3.8) is 0 Å². The lowest BCUT2D eigenvalue weighted by Gasteiger charge is -2.08. The van der Waals surface area contributed by atoms with Crippen molar-refractivity contribution in [2.24, 2.45) is 0 Å². The molecule has 0 aliphatic heterocycles. The van der Waals surface area contributed by atoms with Crippen LogP contribution in [0.15, 0.2) is 72.8 Å². The van der Waals surface area contributed by atoms with Gasteiger partial charge in [-0.05, 0) is 23.8 Å². The van der Waals surface area contributed by atoms with E-state index in [0.29, 0.717) is 0 Å². The molecule has 0 heterocycles. The van der Waals surface area contributed by atoms with Gasteiger partial charge >= 0.3 is 5.97 Å². The van der Waals surface area contributed by atoms with Crippen LogP contribution in [0.25, 0.3) is 0 Å². The third-order valence-electron chi connectivity index (χ3n) is 3.66. The zero-order chi connectivity index (χ0) is 18.4. The smallest absolute Gasteiger partial charge is 0.342 e. The first-order valence-corrected chi connectivity index (χ1v) is 7.97. The number of hydrogen-bond donors (Lipinski definition) is 2. The van der Waals surface area contributed by atoms with Gasteiger partial charge in [-0.3, -0.25) is 0 Å². The van der Waals surface area contributed by atoms with Crippen LogP contribution in [0.3, 0.4) is 0 Å². The SMILES string of the molecule is O=C(OCc1ccccc1)c1cc(O)c(C#Cc2ccccc2)cc1O. The molecule has 128 valence electrons. The van der Waals surface area contributed by atoms with Gasteiger partial charge in [-0.1, -0.05) is 60.4 Å². The fourth-order valence-electron chi connectivity index (χ4n) is 2.30. The van der Waals surface area contributed by atoms with Gasteiger partial charge in [0.1, 0.15) is 23.7 Å². The monoisotopic (exact) mass is 344 g/mol. The fourth-order valence-corrected chi connectivity index (χ4v) is 2.30. The molecule has 26 heavy (non-hydrogen) atoms. The highest BCUT2D eigenvalue weighted by atomic mass is 16.5. The van der Waals surface area contributed by atoms with Gasteiger partial charge in [0.25, 0.3) is 0 Å². The molecule has 0 bridgehead atoms. The van der Waals surface area contributed by atoms with Crippen molar-refractivity contribution < 1.29 is 19.7 Å². The lowest BCUT2D eigenvalue weighted by Crippen LogP contribution is -2.05. The normalized spacial score (nSPS) is 9.85. The predicted octanol–water partition coefficient (Wildman–Crippen LogP) is 3.85. The maximum atomic E-state index is 12.2. The molecule has 0 saturated heterocycles. The van der Waals surface area contributed by atoms with Crippen LogP contribution in [-0.2, 0) is 11.3 Å². The molecular weight excluding hydrogens is 328 g/mol. The van der Waals surface area contributed by atoms with Crippen LogP contribution in [0, 0.1) is 11.8 Å². The second kappa shape index (κ2) is 7.91. The average Bonchev–Trinajstić information content (AvgIpc) is 2.68. The van der Waals surface area contributed by atoms with Crippen LogP contribution in [0.1, 0.15) is 27.0 Å². The van der Waals surface area contributed by atoms with E-state index in [1.165, 1.54) is 6.07 Å². The number of aromatic hydroxyl groups is 2. The Balaban J connectivity index is 1.76. The van der Waals surface area contributed by atoms with Crippen molar-refractivity contribution >= 4 is 5.97 Å². The molecule has 0 aliphatic rings. The van der Waals surface area contributed by atoms with Gasteiger partial charge in [-0.2, -0.15) is 0 Å². The van der Waals surface area contributed by atoms with E-state index in [-0.39, 0.29) is 29.2 Å². The third-order valence-corrected chi connectivity index (χ3v) is 3.66. The first-order chi connectivity index (χ1) is 12.6. The number of rotatable bonds is 3. The summed E-state index contributed by atoms with van der Waals surface area (Å²) in [6.07, 6.45) is 0. The minimum atomic E-state index is -0.718. The first kappa shape index (κ1) is 17.1. The molecule has 0 spiro atoms. The topological polar surface area (TPSA) is 66.8 Å². The Morgan fingerprint density at radius 2 is 1.50 bits per heavy atom. The Bertz CT molecular complexity index is 968. The Kier molecular flexibility index (Phi) is 5.21. The molecule has 0 radical (unpaired) electrons. The lowest BCUT2D eigenvalue weighted by atomic mass is 10.1. The fraction of sp³-hybridized carbons (Fsp3) is 0.0455. The minimum Gasteiger partial charge on any atom is -0.507 e. The van der Waals surface area contributed by atoms with E-state index in [4.69, 9.17) is 4.74 Å². The van der Waals surface area contributed by atoms with E-state index in [1.807, 2.05) is 60.7 Å². The molecule has 2 N–H and O–H groups in total. The van der Waals surface area contributed by atoms with Crippen LogP contribution in [-0.4, -0.2) is 16.2 Å². The van der Waals surface area contributed by atoms with E-state index in [0.717, 1.165) is 17.2 Å². The van der Waals surface area contributed by atoms with Crippen molar-refractivity contribution in [1.82, 2.24) is 0 Å². The van der Waals surface area contributed by atoms with Crippen LogP contribution in [0.2, 0.25) is 0 Å². The van der Waals surface area contributed by atoms with E-state index in [2.05, 4.69) is 11.8 Å². The molecule has 0 atom stereocenters. The molecule has 3 aromatic carbocycles. The molecule has 0 fully saturated rings. The summed E-state index contributed by atoms with van der Waals surface area (Å²) in [6.45, 7) is 0.0788. The molecule has 3 aromatic rings. The molecule has 0 amide bonds. The Morgan fingerprint density at radius 3 is 2.19 bits per heavy atom. The van der Waals surface area contributed by atoms with Gasteiger partial charge < -0.3 is 14.9 Å². The summed E-state index contributed by atoms with van der Waals surface area (Å²) < 4.78 is 5.17. The Labute approximate surface area is 151 Å². The molecule has 0 aliphatic carbocycles. The van der Waals surface area contributed by atoms with Gasteiger partial charge in [0.05, 0.1) is 5.56 Å². The van der Waals surface area contributed by atoms with Gasteiger partial charge in [0, 0.05) is 11.6 Å². The molecule has 4 heteroatoms. The summed E-state index contributed by atoms with van der Waals surface area (Å²) >= 11 is 0. The Hall–Kier alpha value is -3.71. The van der Waals surface area contributed by atoms with Gasteiger partial charge in [0.15, 0.2) is 0 Å². The van der Waals surface area contributed by atoms with Crippen molar-refractivity contribution in [2.45, 2.75) is 6.61 Å². The summed E-state index contributed by atoms with van der Waals surface area (Å²) in [5.74, 6) is 4.46. The number of ether oxygens (including phenoxy) is 1. The van der Waals surface area contributed by atoms with Crippen molar-refractivity contribution in [3.8, 4) is 23.3 Å². The quantitative estimate of drug-likeness (QED) is 0.430. The van der Waals surface area contributed by atoms with Crippen LogP contribution < -0.4 is 0 Å². The first-order valence-electron chi connectivity index (χ1n) is 7.97. The zero-order valence-corrected chi connectivity index (χ0v) is 13.8. The average molecular weight is 344 g/mol. The molecule has 4 nitrogen and oxygen atoms in total. The van der Waals surface area contributed by atoms with Crippen molar-refractivity contribution in [3.05, 3.63) is 95.1 Å². The second-order valence-corrected chi connectivity index (χ2v) is 5.56. The maximum Gasteiger partial charge on any atom is 0.342 e. The van der Waals surface area contributed by atoms with E-state index >= 15 is 0 Å². The molecular formula is C22H16O4. The summed E-state index contributed by atoms with van der Waals surface area (Å²) in [4.78, 5) is 12.2. The summed E-state index contributed by atoms with van der Waals surface area (Å²) in [5.41, 5.74) is 1.72. The van der Waals surface area contributed by atoms with Crippen molar-refractivity contribution in [2.75, 3.05) is 0 Å². The second-order valence-electron chi connectivity index (χ2n) is 5.56. The number of hydrogen-bond acceptors (Lipinski definition) is 4. The number of esters is 1. The molecule has 3 rings (SSSR count).